The summed E-state index contributed by atoms with van der Waals surface area (Å²) < 4.78 is 2.60. The molecule has 0 aliphatic heterocycles. The number of aryl methyl sites for hydroxylation is 1. The van der Waals surface area contributed by atoms with Crippen molar-refractivity contribution in [3.05, 3.63) is 81.2 Å². The van der Waals surface area contributed by atoms with E-state index in [0.717, 1.165) is 26.9 Å². The topological polar surface area (TPSA) is 73.8 Å². The van der Waals surface area contributed by atoms with Crippen LogP contribution < -0.4 is 11.3 Å². The van der Waals surface area contributed by atoms with Crippen LogP contribution >= 0.6 is 22.9 Å². The summed E-state index contributed by atoms with van der Waals surface area (Å²) in [5, 5.41) is 1.33. The first-order valence-electron chi connectivity index (χ1n) is 8.94. The van der Waals surface area contributed by atoms with Crippen LogP contribution in [0.1, 0.15) is 5.69 Å². The van der Waals surface area contributed by atoms with Crippen LogP contribution in [-0.4, -0.2) is 14.5 Å². The molecule has 0 saturated heterocycles. The van der Waals surface area contributed by atoms with Crippen molar-refractivity contribution < 1.29 is 0 Å². The number of hydrogen-bond acceptors (Lipinski definition) is 5. The van der Waals surface area contributed by atoms with Crippen LogP contribution in [0, 0.1) is 6.92 Å². The first kappa shape index (κ1) is 17.8. The Bertz CT molecular complexity index is 1450. The van der Waals surface area contributed by atoms with Gasteiger partial charge in [-0.15, -0.1) is 11.3 Å². The summed E-state index contributed by atoms with van der Waals surface area (Å²) in [6.45, 7) is 1.89. The maximum atomic E-state index is 13.7. The highest BCUT2D eigenvalue weighted by molar-refractivity contribution is 7.16. The predicted octanol–water partition coefficient (Wildman–Crippen LogP) is 5.21. The molecule has 5 aromatic rings. The van der Waals surface area contributed by atoms with Crippen LogP contribution in [0.15, 0.2) is 64.9 Å². The van der Waals surface area contributed by atoms with E-state index < -0.39 is 0 Å². The first-order valence-corrected chi connectivity index (χ1v) is 10.2. The lowest BCUT2D eigenvalue weighted by molar-refractivity contribution is 1.01. The van der Waals surface area contributed by atoms with E-state index in [2.05, 4.69) is 9.97 Å². The summed E-state index contributed by atoms with van der Waals surface area (Å²) in [4.78, 5) is 22.6. The average Bonchev–Trinajstić information content (AvgIpc) is 3.17. The molecule has 5 nitrogen and oxygen atoms in total. The standard InChI is InChI=1S/C22H15ClN4OS/c1-12-2-8-16-20(24)19(13-3-9-17-18(10-13)29-11-25-17)22(28)27(21(16)26-12)15-6-4-14(23)5-7-15/h2-11H,24H2,1H3. The van der Waals surface area contributed by atoms with E-state index in [4.69, 9.17) is 17.3 Å². The van der Waals surface area contributed by atoms with E-state index in [0.29, 0.717) is 27.6 Å². The molecule has 3 aromatic heterocycles. The van der Waals surface area contributed by atoms with Crippen LogP contribution in [0.3, 0.4) is 0 Å². The predicted molar refractivity (Wildman–Crippen MR) is 120 cm³/mol. The number of thiazole rings is 1. The van der Waals surface area contributed by atoms with Crippen LogP contribution in [0.2, 0.25) is 5.02 Å². The van der Waals surface area contributed by atoms with Gasteiger partial charge in [0.2, 0.25) is 0 Å². The summed E-state index contributed by atoms with van der Waals surface area (Å²) in [6.07, 6.45) is 0. The third-order valence-corrected chi connectivity index (χ3v) is 5.95. The summed E-state index contributed by atoms with van der Waals surface area (Å²) >= 11 is 7.58. The number of benzene rings is 2. The van der Waals surface area contributed by atoms with Gasteiger partial charge in [-0.05, 0) is 61.0 Å². The SMILES string of the molecule is Cc1ccc2c(N)c(-c3ccc4ncsc4c3)c(=O)n(-c3ccc(Cl)cc3)c2n1. The molecule has 2 aromatic carbocycles. The van der Waals surface area contributed by atoms with Gasteiger partial charge in [0.15, 0.2) is 0 Å². The highest BCUT2D eigenvalue weighted by Crippen LogP contribution is 2.32. The number of anilines is 1. The Labute approximate surface area is 175 Å². The van der Waals surface area contributed by atoms with Crippen LogP contribution in [-0.2, 0) is 0 Å². The lowest BCUT2D eigenvalue weighted by atomic mass is 10.0. The smallest absolute Gasteiger partial charge is 0.266 e. The normalized spacial score (nSPS) is 11.4. The highest BCUT2D eigenvalue weighted by atomic mass is 35.5. The van der Waals surface area contributed by atoms with E-state index >= 15 is 0 Å². The second-order valence-electron chi connectivity index (χ2n) is 6.76. The van der Waals surface area contributed by atoms with Gasteiger partial charge >= 0.3 is 0 Å². The lowest BCUT2D eigenvalue weighted by Crippen LogP contribution is -2.23. The molecule has 0 bridgehead atoms. The number of nitrogens with two attached hydrogens (primary N) is 1. The maximum Gasteiger partial charge on any atom is 0.266 e. The number of pyridine rings is 2. The van der Waals surface area contributed by atoms with Crippen molar-refractivity contribution in [3.63, 3.8) is 0 Å². The number of halogens is 1. The van der Waals surface area contributed by atoms with Gasteiger partial charge in [0.25, 0.3) is 5.56 Å². The molecule has 7 heteroatoms. The average molecular weight is 419 g/mol. The van der Waals surface area contributed by atoms with Crippen molar-refractivity contribution in [3.8, 4) is 16.8 Å². The van der Waals surface area contributed by atoms with Gasteiger partial charge in [0, 0.05) is 16.1 Å². The Hall–Kier alpha value is -3.22. The molecule has 29 heavy (non-hydrogen) atoms. The fraction of sp³-hybridized carbons (Fsp3) is 0.0455. The Kier molecular flexibility index (Phi) is 4.12. The van der Waals surface area contributed by atoms with Crippen molar-refractivity contribution in [2.24, 2.45) is 0 Å². The van der Waals surface area contributed by atoms with Crippen molar-refractivity contribution in [1.29, 1.82) is 0 Å². The van der Waals surface area contributed by atoms with E-state index in [1.54, 1.807) is 34.3 Å². The fourth-order valence-corrected chi connectivity index (χ4v) is 4.34. The molecule has 0 fully saturated rings. The van der Waals surface area contributed by atoms with Gasteiger partial charge < -0.3 is 5.73 Å². The minimum atomic E-state index is -0.223. The van der Waals surface area contributed by atoms with Gasteiger partial charge in [-0.25, -0.2) is 9.97 Å². The van der Waals surface area contributed by atoms with Gasteiger partial charge in [-0.3, -0.25) is 9.36 Å². The summed E-state index contributed by atoms with van der Waals surface area (Å²) in [5.41, 5.74) is 12.6. The fourth-order valence-electron chi connectivity index (χ4n) is 3.50. The third kappa shape index (κ3) is 2.88. The summed E-state index contributed by atoms with van der Waals surface area (Å²) in [7, 11) is 0. The van der Waals surface area contributed by atoms with E-state index in [1.807, 2.05) is 37.3 Å². The molecule has 0 saturated carbocycles. The Morgan fingerprint density at radius 2 is 1.86 bits per heavy atom. The van der Waals surface area contributed by atoms with Crippen molar-refractivity contribution in [1.82, 2.24) is 14.5 Å². The zero-order valence-corrected chi connectivity index (χ0v) is 17.0. The molecule has 0 aliphatic rings. The van der Waals surface area contributed by atoms with Gasteiger partial charge in [-0.2, -0.15) is 0 Å². The molecule has 142 valence electrons. The molecule has 0 amide bonds. The molecule has 0 aliphatic carbocycles. The number of aromatic nitrogens is 3. The Morgan fingerprint density at radius 1 is 1.07 bits per heavy atom. The Morgan fingerprint density at radius 3 is 2.66 bits per heavy atom. The molecular formula is C22H15ClN4OS. The zero-order valence-electron chi connectivity index (χ0n) is 15.4. The van der Waals surface area contributed by atoms with Crippen molar-refractivity contribution in [2.75, 3.05) is 5.73 Å². The van der Waals surface area contributed by atoms with E-state index in [9.17, 15) is 4.79 Å². The molecule has 0 radical (unpaired) electrons. The second kappa shape index (κ2) is 6.69. The quantitative estimate of drug-likeness (QED) is 0.427. The van der Waals surface area contributed by atoms with Crippen molar-refractivity contribution >= 4 is 49.9 Å². The number of nitrogen functional groups attached to an aromatic ring is 1. The van der Waals surface area contributed by atoms with Crippen LogP contribution in [0.25, 0.3) is 38.1 Å². The van der Waals surface area contributed by atoms with E-state index in [1.165, 1.54) is 11.3 Å². The molecule has 2 N–H and O–H groups in total. The van der Waals surface area contributed by atoms with Gasteiger partial charge in [0.05, 0.1) is 32.7 Å². The minimum Gasteiger partial charge on any atom is -0.397 e. The lowest BCUT2D eigenvalue weighted by Gasteiger charge is -2.16. The molecule has 3 heterocycles. The number of nitrogens with zero attached hydrogens (tertiary/aromatic N) is 3. The van der Waals surface area contributed by atoms with Crippen LogP contribution in [0.4, 0.5) is 5.69 Å². The molecule has 5 rings (SSSR count). The maximum absolute atomic E-state index is 13.7. The second-order valence-corrected chi connectivity index (χ2v) is 8.09. The number of rotatable bonds is 2. The third-order valence-electron chi connectivity index (χ3n) is 4.91. The monoisotopic (exact) mass is 418 g/mol. The van der Waals surface area contributed by atoms with E-state index in [-0.39, 0.29) is 5.56 Å². The Balaban J connectivity index is 1.91. The largest absolute Gasteiger partial charge is 0.397 e. The van der Waals surface area contributed by atoms with Gasteiger partial charge in [-0.1, -0.05) is 17.7 Å². The first-order chi connectivity index (χ1) is 14.0. The molecule has 0 unspecified atom stereocenters. The van der Waals surface area contributed by atoms with Gasteiger partial charge in [0.1, 0.15) is 5.65 Å². The van der Waals surface area contributed by atoms with Crippen molar-refractivity contribution in [2.45, 2.75) is 6.92 Å². The summed E-state index contributed by atoms with van der Waals surface area (Å²) in [5.74, 6) is 0. The van der Waals surface area contributed by atoms with Crippen LogP contribution in [0.5, 0.6) is 0 Å². The highest BCUT2D eigenvalue weighted by Gasteiger charge is 2.19. The molecule has 0 atom stereocenters. The minimum absolute atomic E-state index is 0.223. The number of hydrogen-bond donors (Lipinski definition) is 1. The number of fused-ring (bicyclic) bond motifs is 2. The molecular weight excluding hydrogens is 404 g/mol. The zero-order chi connectivity index (χ0) is 20.1. The molecule has 0 spiro atoms. The summed E-state index contributed by atoms with van der Waals surface area (Å²) in [6, 6.07) is 16.7.